The van der Waals surface area contributed by atoms with E-state index < -0.39 is 0 Å². The number of rotatable bonds is 7. The quantitative estimate of drug-likeness (QED) is 0.808. The first-order chi connectivity index (χ1) is 12.6. The number of nitrogens with one attached hydrogen (secondary N) is 1. The summed E-state index contributed by atoms with van der Waals surface area (Å²) < 4.78 is 11.3. The molecular formula is C20H26N2O3S. The summed E-state index contributed by atoms with van der Waals surface area (Å²) in [7, 11) is 1.64. The Labute approximate surface area is 158 Å². The van der Waals surface area contributed by atoms with E-state index in [1.54, 1.807) is 18.4 Å². The number of amides is 1. The van der Waals surface area contributed by atoms with Crippen LogP contribution in [0.2, 0.25) is 0 Å². The van der Waals surface area contributed by atoms with Gasteiger partial charge < -0.3 is 19.7 Å². The molecule has 0 fully saturated rings. The van der Waals surface area contributed by atoms with Gasteiger partial charge in [0, 0.05) is 23.5 Å². The highest BCUT2D eigenvalue weighted by molar-refractivity contribution is 7.10. The zero-order chi connectivity index (χ0) is 18.5. The SMILES string of the molecule is COc1cccc(OCC2c3ccsc3CCN2C(=O)CNC(C)C)c1. The molecule has 1 unspecified atom stereocenters. The summed E-state index contributed by atoms with van der Waals surface area (Å²) in [5.74, 6) is 1.63. The summed E-state index contributed by atoms with van der Waals surface area (Å²) in [6.07, 6.45) is 0.913. The minimum absolute atomic E-state index is 0.0577. The smallest absolute Gasteiger partial charge is 0.237 e. The fourth-order valence-corrected chi connectivity index (χ4v) is 4.06. The van der Waals surface area contributed by atoms with Crippen LogP contribution >= 0.6 is 11.3 Å². The van der Waals surface area contributed by atoms with E-state index in [2.05, 4.69) is 16.8 Å². The van der Waals surface area contributed by atoms with Gasteiger partial charge in [-0.15, -0.1) is 11.3 Å². The molecule has 6 heteroatoms. The average molecular weight is 375 g/mol. The van der Waals surface area contributed by atoms with Crippen LogP contribution in [0.15, 0.2) is 35.7 Å². The molecule has 26 heavy (non-hydrogen) atoms. The maximum absolute atomic E-state index is 12.7. The molecule has 3 rings (SSSR count). The normalized spacial score (nSPS) is 16.5. The Morgan fingerprint density at radius 1 is 1.35 bits per heavy atom. The molecule has 0 spiro atoms. The number of carbonyl (C=O) groups is 1. The summed E-state index contributed by atoms with van der Waals surface area (Å²) in [4.78, 5) is 16.0. The second kappa shape index (κ2) is 8.56. The van der Waals surface area contributed by atoms with Crippen molar-refractivity contribution < 1.29 is 14.3 Å². The molecule has 1 aromatic heterocycles. The average Bonchev–Trinajstić information content (AvgIpc) is 3.13. The maximum atomic E-state index is 12.7. The molecule has 1 atom stereocenters. The molecule has 0 saturated carbocycles. The number of hydrogen-bond donors (Lipinski definition) is 1. The summed E-state index contributed by atoms with van der Waals surface area (Å²) in [6, 6.07) is 9.91. The number of hydrogen-bond acceptors (Lipinski definition) is 5. The molecule has 1 aromatic carbocycles. The largest absolute Gasteiger partial charge is 0.497 e. The molecular weight excluding hydrogens is 348 g/mol. The topological polar surface area (TPSA) is 50.8 Å². The number of fused-ring (bicyclic) bond motifs is 1. The van der Waals surface area contributed by atoms with Gasteiger partial charge in [-0.3, -0.25) is 4.79 Å². The third-order valence-electron chi connectivity index (χ3n) is 4.53. The van der Waals surface area contributed by atoms with Gasteiger partial charge in [-0.1, -0.05) is 19.9 Å². The highest BCUT2D eigenvalue weighted by Gasteiger charge is 2.32. The molecule has 2 heterocycles. The van der Waals surface area contributed by atoms with Gasteiger partial charge in [0.05, 0.1) is 19.7 Å². The van der Waals surface area contributed by atoms with Crippen LogP contribution in [0.25, 0.3) is 0 Å². The first-order valence-corrected chi connectivity index (χ1v) is 9.82. The van der Waals surface area contributed by atoms with E-state index >= 15 is 0 Å². The third-order valence-corrected chi connectivity index (χ3v) is 5.52. The van der Waals surface area contributed by atoms with E-state index in [1.807, 2.05) is 43.0 Å². The van der Waals surface area contributed by atoms with Crippen LogP contribution < -0.4 is 14.8 Å². The van der Waals surface area contributed by atoms with E-state index in [0.29, 0.717) is 13.2 Å². The van der Waals surface area contributed by atoms with Crippen LogP contribution in [-0.2, 0) is 11.2 Å². The molecule has 0 radical (unpaired) electrons. The lowest BCUT2D eigenvalue weighted by Crippen LogP contribution is -2.46. The van der Waals surface area contributed by atoms with Crippen molar-refractivity contribution in [3.05, 3.63) is 46.2 Å². The molecule has 1 aliphatic heterocycles. The van der Waals surface area contributed by atoms with Crippen molar-refractivity contribution in [2.75, 3.05) is 26.8 Å². The highest BCUT2D eigenvalue weighted by atomic mass is 32.1. The molecule has 1 amide bonds. The first-order valence-electron chi connectivity index (χ1n) is 8.94. The van der Waals surface area contributed by atoms with Crippen LogP contribution in [0.5, 0.6) is 11.5 Å². The molecule has 1 aliphatic rings. The Bertz CT molecular complexity index is 744. The van der Waals surface area contributed by atoms with Crippen molar-refractivity contribution in [1.29, 1.82) is 0 Å². The minimum atomic E-state index is -0.0577. The second-order valence-electron chi connectivity index (χ2n) is 6.68. The van der Waals surface area contributed by atoms with Gasteiger partial charge in [0.1, 0.15) is 18.1 Å². The standard InChI is InChI=1S/C20H26N2O3S/c1-14(2)21-12-20(23)22-9-7-19-17(8-10-26-19)18(22)13-25-16-6-4-5-15(11-16)24-3/h4-6,8,10-11,14,18,21H,7,9,12-13H2,1-3H3. The molecule has 0 bridgehead atoms. The Morgan fingerprint density at radius 3 is 2.92 bits per heavy atom. The molecule has 1 N–H and O–H groups in total. The maximum Gasteiger partial charge on any atom is 0.237 e. The van der Waals surface area contributed by atoms with Crippen molar-refractivity contribution in [2.24, 2.45) is 0 Å². The lowest BCUT2D eigenvalue weighted by atomic mass is 10.0. The highest BCUT2D eigenvalue weighted by Crippen LogP contribution is 2.34. The van der Waals surface area contributed by atoms with Crippen LogP contribution in [-0.4, -0.2) is 43.7 Å². The predicted molar refractivity (Wildman–Crippen MR) is 104 cm³/mol. The number of ether oxygens (including phenoxy) is 2. The van der Waals surface area contributed by atoms with Crippen molar-refractivity contribution in [3.63, 3.8) is 0 Å². The van der Waals surface area contributed by atoms with Crippen LogP contribution in [0, 0.1) is 0 Å². The van der Waals surface area contributed by atoms with Gasteiger partial charge in [-0.25, -0.2) is 0 Å². The number of thiophene rings is 1. The lowest BCUT2D eigenvalue weighted by molar-refractivity contribution is -0.134. The summed E-state index contributed by atoms with van der Waals surface area (Å²) in [5.41, 5.74) is 1.21. The fraction of sp³-hybridized carbons (Fsp3) is 0.450. The molecule has 5 nitrogen and oxygen atoms in total. The van der Waals surface area contributed by atoms with Crippen LogP contribution in [0.3, 0.4) is 0 Å². The fourth-order valence-electron chi connectivity index (χ4n) is 3.13. The van der Waals surface area contributed by atoms with Crippen molar-refractivity contribution in [3.8, 4) is 11.5 Å². The van der Waals surface area contributed by atoms with Crippen molar-refractivity contribution >= 4 is 17.2 Å². The third kappa shape index (κ3) is 4.37. The zero-order valence-electron chi connectivity index (χ0n) is 15.5. The number of methoxy groups -OCH3 is 1. The zero-order valence-corrected chi connectivity index (χ0v) is 16.3. The van der Waals surface area contributed by atoms with E-state index in [9.17, 15) is 4.79 Å². The van der Waals surface area contributed by atoms with Crippen molar-refractivity contribution in [2.45, 2.75) is 32.4 Å². The molecule has 2 aromatic rings. The summed E-state index contributed by atoms with van der Waals surface area (Å²) in [5, 5.41) is 5.32. The Balaban J connectivity index is 1.74. The summed E-state index contributed by atoms with van der Waals surface area (Å²) in [6.45, 7) is 5.61. The minimum Gasteiger partial charge on any atom is -0.497 e. The van der Waals surface area contributed by atoms with E-state index in [1.165, 1.54) is 10.4 Å². The number of benzene rings is 1. The van der Waals surface area contributed by atoms with Gasteiger partial charge in [-0.2, -0.15) is 0 Å². The number of carbonyl (C=O) groups excluding carboxylic acids is 1. The molecule has 140 valence electrons. The summed E-state index contributed by atoms with van der Waals surface area (Å²) >= 11 is 1.76. The lowest BCUT2D eigenvalue weighted by Gasteiger charge is -2.36. The van der Waals surface area contributed by atoms with E-state index in [0.717, 1.165) is 24.5 Å². The van der Waals surface area contributed by atoms with Gasteiger partial charge in [0.15, 0.2) is 0 Å². The van der Waals surface area contributed by atoms with Gasteiger partial charge >= 0.3 is 0 Å². The number of nitrogens with zero attached hydrogens (tertiary/aromatic N) is 1. The van der Waals surface area contributed by atoms with Crippen LogP contribution in [0.4, 0.5) is 0 Å². The second-order valence-corrected chi connectivity index (χ2v) is 7.68. The first kappa shape index (κ1) is 18.7. The predicted octanol–water partition coefficient (Wildman–Crippen LogP) is 3.26. The Hall–Kier alpha value is -2.05. The van der Waals surface area contributed by atoms with E-state index in [4.69, 9.17) is 9.47 Å². The van der Waals surface area contributed by atoms with Gasteiger partial charge in [-0.05, 0) is 35.6 Å². The Morgan fingerprint density at radius 2 is 2.15 bits per heavy atom. The monoisotopic (exact) mass is 374 g/mol. The molecule has 0 saturated heterocycles. The van der Waals surface area contributed by atoms with Crippen LogP contribution in [0.1, 0.15) is 30.3 Å². The van der Waals surface area contributed by atoms with E-state index in [-0.39, 0.29) is 18.0 Å². The van der Waals surface area contributed by atoms with Gasteiger partial charge in [0.2, 0.25) is 5.91 Å². The Kier molecular flexibility index (Phi) is 6.16. The van der Waals surface area contributed by atoms with Crippen molar-refractivity contribution in [1.82, 2.24) is 10.2 Å². The van der Waals surface area contributed by atoms with Gasteiger partial charge in [0.25, 0.3) is 0 Å². The molecule has 0 aliphatic carbocycles.